The van der Waals surface area contributed by atoms with E-state index in [9.17, 15) is 4.79 Å². The van der Waals surface area contributed by atoms with Gasteiger partial charge in [0, 0.05) is 27.3 Å². The Morgan fingerprint density at radius 3 is 2.66 bits per heavy atom. The zero-order valence-corrected chi connectivity index (χ0v) is 19.0. The second-order valence-corrected chi connectivity index (χ2v) is 9.39. The molecule has 2 aliphatic rings. The fourth-order valence-electron chi connectivity index (χ4n) is 3.96. The van der Waals surface area contributed by atoms with Crippen LogP contribution in [0.4, 0.5) is 5.95 Å². The van der Waals surface area contributed by atoms with E-state index in [-0.39, 0.29) is 5.56 Å². The van der Waals surface area contributed by atoms with Crippen molar-refractivity contribution in [2.24, 2.45) is 0 Å². The first-order valence-electron chi connectivity index (χ1n) is 10.6. The summed E-state index contributed by atoms with van der Waals surface area (Å²) in [5.41, 5.74) is 1.90. The first kappa shape index (κ1) is 21.2. The van der Waals surface area contributed by atoms with Crippen molar-refractivity contribution in [3.05, 3.63) is 75.2 Å². The molecule has 1 fully saturated rings. The van der Waals surface area contributed by atoms with E-state index in [2.05, 4.69) is 22.0 Å². The molecule has 9 heteroatoms. The molecule has 32 heavy (non-hydrogen) atoms. The number of benzene rings is 2. The Morgan fingerprint density at radius 2 is 1.84 bits per heavy atom. The molecular formula is C23H24ClN4O3S+. The van der Waals surface area contributed by atoms with Crippen molar-refractivity contribution in [2.75, 3.05) is 37.9 Å². The van der Waals surface area contributed by atoms with Crippen molar-refractivity contribution in [3.8, 4) is 11.5 Å². The lowest BCUT2D eigenvalue weighted by Gasteiger charge is -2.32. The number of H-pyrrole nitrogens is 1. The number of aromatic nitrogens is 2. The van der Waals surface area contributed by atoms with Gasteiger partial charge in [-0.05, 0) is 42.5 Å². The van der Waals surface area contributed by atoms with Crippen molar-refractivity contribution >= 4 is 29.3 Å². The summed E-state index contributed by atoms with van der Waals surface area (Å²) in [6.45, 7) is 4.87. The molecule has 5 rings (SSSR count). The van der Waals surface area contributed by atoms with Gasteiger partial charge >= 0.3 is 0 Å². The van der Waals surface area contributed by atoms with E-state index in [0.29, 0.717) is 23.5 Å². The quantitative estimate of drug-likeness (QED) is 0.538. The summed E-state index contributed by atoms with van der Waals surface area (Å²) in [7, 11) is 0. The molecule has 0 spiro atoms. The van der Waals surface area contributed by atoms with Crippen LogP contribution >= 0.6 is 23.4 Å². The summed E-state index contributed by atoms with van der Waals surface area (Å²) in [5, 5.41) is 0.714. The van der Waals surface area contributed by atoms with E-state index < -0.39 is 0 Å². The van der Waals surface area contributed by atoms with Gasteiger partial charge in [-0.15, -0.1) is 11.8 Å². The monoisotopic (exact) mass is 471 g/mol. The minimum absolute atomic E-state index is 0.114. The summed E-state index contributed by atoms with van der Waals surface area (Å²) in [4.78, 5) is 24.6. The molecule has 7 nitrogen and oxygen atoms in total. The topological polar surface area (TPSA) is 71.9 Å². The number of rotatable bonds is 6. The van der Waals surface area contributed by atoms with Crippen molar-refractivity contribution in [2.45, 2.75) is 17.2 Å². The molecule has 0 saturated carbocycles. The lowest BCUT2D eigenvalue weighted by atomic mass is 10.1. The maximum absolute atomic E-state index is 12.2. The van der Waals surface area contributed by atoms with Crippen LogP contribution in [0.25, 0.3) is 0 Å². The molecule has 1 saturated heterocycles. The minimum Gasteiger partial charge on any atom is -0.454 e. The molecule has 3 heterocycles. The van der Waals surface area contributed by atoms with E-state index in [0.717, 1.165) is 54.8 Å². The molecule has 0 amide bonds. The minimum atomic E-state index is -0.114. The van der Waals surface area contributed by atoms with E-state index in [1.165, 1.54) is 10.5 Å². The Bertz CT molecular complexity index is 1150. The van der Waals surface area contributed by atoms with E-state index in [1.807, 2.05) is 30.3 Å². The third kappa shape index (κ3) is 5.03. The fraction of sp³-hybridized carbons (Fsp3) is 0.304. The lowest BCUT2D eigenvalue weighted by molar-refractivity contribution is -0.914. The number of anilines is 1. The number of ether oxygens (including phenoxy) is 2. The normalized spacial score (nSPS) is 15.8. The zero-order valence-electron chi connectivity index (χ0n) is 17.5. The number of thioether (sulfide) groups is 1. The second kappa shape index (κ2) is 9.44. The Labute approximate surface area is 195 Å². The van der Waals surface area contributed by atoms with Crippen LogP contribution in [0, 0.1) is 0 Å². The number of quaternary nitrogens is 1. The van der Waals surface area contributed by atoms with Gasteiger partial charge in [0.1, 0.15) is 6.54 Å². The molecule has 2 aliphatic heterocycles. The van der Waals surface area contributed by atoms with E-state index in [4.69, 9.17) is 26.1 Å². The van der Waals surface area contributed by atoms with Crippen LogP contribution in [0.3, 0.4) is 0 Å². The SMILES string of the molecule is O=c1cc(CSc2ccc(Cl)cc2)nc(N2CC[NH+](Cc3ccc4c(c3)OCO4)CC2)[nH]1. The Kier molecular flexibility index (Phi) is 6.25. The molecule has 0 aliphatic carbocycles. The largest absolute Gasteiger partial charge is 0.454 e. The standard InChI is InChI=1S/C23H23ClN4O3S/c24-17-2-4-19(5-3-17)32-14-18-12-22(29)26-23(25-18)28-9-7-27(8-10-28)13-16-1-6-20-21(11-16)31-15-30-20/h1-6,11-12H,7-10,13-15H2,(H,25,26,29)/p+1. The molecule has 0 atom stereocenters. The van der Waals surface area contributed by atoms with Crippen LogP contribution in [-0.2, 0) is 12.3 Å². The van der Waals surface area contributed by atoms with Gasteiger partial charge in [0.05, 0.1) is 31.9 Å². The highest BCUT2D eigenvalue weighted by atomic mass is 35.5. The first-order valence-corrected chi connectivity index (χ1v) is 11.9. The number of aromatic amines is 1. The molecule has 166 valence electrons. The average molecular weight is 472 g/mol. The predicted molar refractivity (Wildman–Crippen MR) is 125 cm³/mol. The maximum atomic E-state index is 12.2. The van der Waals surface area contributed by atoms with Crippen LogP contribution < -0.4 is 24.8 Å². The number of hydrogen-bond acceptors (Lipinski definition) is 6. The summed E-state index contributed by atoms with van der Waals surface area (Å²) in [6, 6.07) is 15.4. The maximum Gasteiger partial charge on any atom is 0.252 e. The number of nitrogens with one attached hydrogen (secondary N) is 2. The summed E-state index contributed by atoms with van der Waals surface area (Å²) in [6.07, 6.45) is 0. The van der Waals surface area contributed by atoms with Crippen molar-refractivity contribution in [1.29, 1.82) is 0 Å². The van der Waals surface area contributed by atoms with Gasteiger partial charge in [0.2, 0.25) is 12.7 Å². The van der Waals surface area contributed by atoms with Gasteiger partial charge in [-0.2, -0.15) is 0 Å². The third-order valence-electron chi connectivity index (χ3n) is 5.64. The van der Waals surface area contributed by atoms with Gasteiger partial charge in [-0.3, -0.25) is 9.78 Å². The van der Waals surface area contributed by atoms with Gasteiger partial charge in [-0.25, -0.2) is 4.98 Å². The fourth-order valence-corrected chi connectivity index (χ4v) is 4.87. The van der Waals surface area contributed by atoms with Gasteiger partial charge in [-0.1, -0.05) is 11.6 Å². The van der Waals surface area contributed by atoms with E-state index >= 15 is 0 Å². The van der Waals surface area contributed by atoms with Crippen molar-refractivity contribution in [1.82, 2.24) is 9.97 Å². The number of fused-ring (bicyclic) bond motifs is 1. The van der Waals surface area contributed by atoms with Crippen molar-refractivity contribution in [3.63, 3.8) is 0 Å². The molecule has 2 N–H and O–H groups in total. The highest BCUT2D eigenvalue weighted by Crippen LogP contribution is 2.32. The predicted octanol–water partition coefficient (Wildman–Crippen LogP) is 2.35. The Hall–Kier alpha value is -2.68. The molecule has 2 aromatic carbocycles. The Balaban J connectivity index is 1.18. The summed E-state index contributed by atoms with van der Waals surface area (Å²) >= 11 is 7.59. The zero-order chi connectivity index (χ0) is 21.9. The smallest absolute Gasteiger partial charge is 0.252 e. The molecule has 0 unspecified atom stereocenters. The van der Waals surface area contributed by atoms with Crippen LogP contribution in [0.1, 0.15) is 11.3 Å². The lowest BCUT2D eigenvalue weighted by Crippen LogP contribution is -3.13. The average Bonchev–Trinajstić information content (AvgIpc) is 3.27. The first-order chi connectivity index (χ1) is 15.6. The highest BCUT2D eigenvalue weighted by molar-refractivity contribution is 7.98. The number of hydrogen-bond donors (Lipinski definition) is 2. The number of halogens is 1. The van der Waals surface area contributed by atoms with Crippen LogP contribution in [0.15, 0.2) is 58.2 Å². The second-order valence-electron chi connectivity index (χ2n) is 7.90. The van der Waals surface area contributed by atoms with Gasteiger partial charge in [0.25, 0.3) is 5.56 Å². The molecule has 0 radical (unpaired) electrons. The third-order valence-corrected chi connectivity index (χ3v) is 6.94. The van der Waals surface area contributed by atoms with Crippen LogP contribution in [0.5, 0.6) is 11.5 Å². The van der Waals surface area contributed by atoms with Crippen LogP contribution in [-0.4, -0.2) is 42.9 Å². The van der Waals surface area contributed by atoms with Gasteiger partial charge < -0.3 is 19.3 Å². The molecule has 3 aromatic rings. The molecule has 0 bridgehead atoms. The molecular weight excluding hydrogens is 448 g/mol. The highest BCUT2D eigenvalue weighted by Gasteiger charge is 2.23. The van der Waals surface area contributed by atoms with E-state index in [1.54, 1.807) is 17.8 Å². The number of nitrogens with zero attached hydrogens (tertiary/aromatic N) is 2. The van der Waals surface area contributed by atoms with Crippen molar-refractivity contribution < 1.29 is 14.4 Å². The van der Waals surface area contributed by atoms with Gasteiger partial charge in [0.15, 0.2) is 11.5 Å². The molecule has 1 aromatic heterocycles. The summed E-state index contributed by atoms with van der Waals surface area (Å²) < 4.78 is 10.9. The Morgan fingerprint density at radius 1 is 1.06 bits per heavy atom. The number of piperazine rings is 1. The summed E-state index contributed by atoms with van der Waals surface area (Å²) in [5.74, 6) is 2.94. The van der Waals surface area contributed by atoms with Crippen LogP contribution in [0.2, 0.25) is 5.02 Å².